The van der Waals surface area contributed by atoms with Gasteiger partial charge in [0.2, 0.25) is 11.8 Å². The van der Waals surface area contributed by atoms with E-state index in [0.717, 1.165) is 0 Å². The molecule has 0 saturated carbocycles. The van der Waals surface area contributed by atoms with Crippen molar-refractivity contribution in [1.82, 2.24) is 0 Å². The average molecular weight is 252 g/mol. The minimum Gasteiger partial charge on any atom is -0.389 e. The molecule has 2 amide bonds. The molecule has 18 heavy (non-hydrogen) atoms. The fraction of sp³-hybridized carbons (Fsp3) is 0.333. The molecule has 98 valence electrons. The van der Waals surface area contributed by atoms with Crippen molar-refractivity contribution < 1.29 is 19.8 Å². The molecule has 0 aliphatic carbocycles. The van der Waals surface area contributed by atoms with Crippen LogP contribution in [-0.4, -0.2) is 22.0 Å². The molecule has 2 atom stereocenters. The van der Waals surface area contributed by atoms with Crippen molar-refractivity contribution in [3.8, 4) is 0 Å². The molecule has 0 aliphatic rings. The Bertz CT molecular complexity index is 450. The first-order chi connectivity index (χ1) is 8.27. The van der Waals surface area contributed by atoms with Crippen LogP contribution < -0.4 is 11.5 Å². The Morgan fingerprint density at radius 1 is 0.944 bits per heavy atom. The Kier molecular flexibility index (Phi) is 4.05. The van der Waals surface area contributed by atoms with E-state index in [4.69, 9.17) is 11.5 Å². The van der Waals surface area contributed by atoms with Crippen molar-refractivity contribution in [1.29, 1.82) is 0 Å². The molecule has 0 aliphatic heterocycles. The lowest BCUT2D eigenvalue weighted by Crippen LogP contribution is -2.22. The van der Waals surface area contributed by atoms with E-state index in [1.165, 1.54) is 26.0 Å². The predicted octanol–water partition coefficient (Wildman–Crippen LogP) is -0.00900. The maximum absolute atomic E-state index is 11.3. The molecule has 1 aromatic rings. The van der Waals surface area contributed by atoms with Gasteiger partial charge in [-0.1, -0.05) is 0 Å². The van der Waals surface area contributed by atoms with Gasteiger partial charge in [0.1, 0.15) is 0 Å². The summed E-state index contributed by atoms with van der Waals surface area (Å²) in [6, 6.07) is 2.63. The van der Waals surface area contributed by atoms with Gasteiger partial charge in [-0.2, -0.15) is 0 Å². The average Bonchev–Trinajstić information content (AvgIpc) is 2.26. The first kappa shape index (κ1) is 14.1. The third-order valence-electron chi connectivity index (χ3n) is 2.65. The van der Waals surface area contributed by atoms with Crippen LogP contribution in [0.25, 0.3) is 0 Å². The van der Waals surface area contributed by atoms with Gasteiger partial charge in [-0.25, -0.2) is 0 Å². The second-order valence-corrected chi connectivity index (χ2v) is 4.07. The largest absolute Gasteiger partial charge is 0.389 e. The molecule has 0 aromatic heterocycles. The topological polar surface area (TPSA) is 127 Å². The minimum atomic E-state index is -1.06. The summed E-state index contributed by atoms with van der Waals surface area (Å²) in [7, 11) is 0. The maximum atomic E-state index is 11.3. The van der Waals surface area contributed by atoms with Crippen molar-refractivity contribution in [2.45, 2.75) is 26.1 Å². The molecule has 1 aromatic carbocycles. The number of benzene rings is 1. The van der Waals surface area contributed by atoms with Gasteiger partial charge in [-0.05, 0) is 37.1 Å². The van der Waals surface area contributed by atoms with E-state index in [2.05, 4.69) is 0 Å². The van der Waals surface area contributed by atoms with Gasteiger partial charge in [0.25, 0.3) is 0 Å². The van der Waals surface area contributed by atoms with Crippen LogP contribution in [0.1, 0.15) is 57.9 Å². The number of hydrogen-bond acceptors (Lipinski definition) is 4. The van der Waals surface area contributed by atoms with Crippen molar-refractivity contribution in [3.05, 3.63) is 34.4 Å². The molecular weight excluding hydrogens is 236 g/mol. The number of aliphatic hydroxyl groups is 2. The number of primary amides is 2. The summed E-state index contributed by atoms with van der Waals surface area (Å²) in [5, 5.41) is 19.4. The van der Waals surface area contributed by atoms with Crippen LogP contribution in [0.2, 0.25) is 0 Å². The van der Waals surface area contributed by atoms with Crippen LogP contribution in [-0.2, 0) is 0 Å². The van der Waals surface area contributed by atoms with E-state index in [1.807, 2.05) is 0 Å². The molecule has 6 heteroatoms. The predicted molar refractivity (Wildman–Crippen MR) is 64.7 cm³/mol. The fourth-order valence-corrected chi connectivity index (χ4v) is 1.97. The van der Waals surface area contributed by atoms with E-state index in [9.17, 15) is 19.8 Å². The normalized spacial score (nSPS) is 14.0. The number of hydrogen-bond donors (Lipinski definition) is 4. The summed E-state index contributed by atoms with van der Waals surface area (Å²) in [4.78, 5) is 22.6. The Morgan fingerprint density at radius 3 is 1.39 bits per heavy atom. The van der Waals surface area contributed by atoms with E-state index in [-0.39, 0.29) is 22.3 Å². The van der Waals surface area contributed by atoms with Gasteiger partial charge in [0, 0.05) is 11.1 Å². The molecule has 0 radical (unpaired) electrons. The molecular formula is C12H16N2O4. The first-order valence-corrected chi connectivity index (χ1v) is 5.39. The summed E-state index contributed by atoms with van der Waals surface area (Å²) < 4.78 is 0. The highest BCUT2D eigenvalue weighted by Gasteiger charge is 2.24. The van der Waals surface area contributed by atoms with Crippen LogP contribution in [0.3, 0.4) is 0 Å². The van der Waals surface area contributed by atoms with Crippen LogP contribution >= 0.6 is 0 Å². The minimum absolute atomic E-state index is 0.0610. The number of amides is 2. The molecule has 2 unspecified atom stereocenters. The quantitative estimate of drug-likeness (QED) is 0.601. The van der Waals surface area contributed by atoms with Crippen LogP contribution in [0.15, 0.2) is 12.1 Å². The second-order valence-electron chi connectivity index (χ2n) is 4.07. The van der Waals surface area contributed by atoms with Gasteiger partial charge in [0.05, 0.1) is 12.2 Å². The Hall–Kier alpha value is -1.92. The van der Waals surface area contributed by atoms with Gasteiger partial charge < -0.3 is 21.7 Å². The molecule has 0 fully saturated rings. The highest BCUT2D eigenvalue weighted by Crippen LogP contribution is 2.30. The van der Waals surface area contributed by atoms with Gasteiger partial charge in [-0.3, -0.25) is 9.59 Å². The van der Waals surface area contributed by atoms with Crippen LogP contribution in [0.4, 0.5) is 0 Å². The van der Waals surface area contributed by atoms with Crippen molar-refractivity contribution >= 4 is 11.8 Å². The fourth-order valence-electron chi connectivity index (χ4n) is 1.97. The Morgan fingerprint density at radius 2 is 1.22 bits per heavy atom. The van der Waals surface area contributed by atoms with Crippen LogP contribution in [0, 0.1) is 0 Å². The Balaban J connectivity index is 3.71. The molecule has 0 heterocycles. The summed E-state index contributed by atoms with van der Waals surface area (Å²) in [5.74, 6) is -1.49. The monoisotopic (exact) mass is 252 g/mol. The van der Waals surface area contributed by atoms with Crippen LogP contribution in [0.5, 0.6) is 0 Å². The summed E-state index contributed by atoms with van der Waals surface area (Å²) in [6.07, 6.45) is -2.12. The smallest absolute Gasteiger partial charge is 0.249 e. The third-order valence-corrected chi connectivity index (χ3v) is 2.65. The SMILES string of the molecule is CC(O)c1c(C(N)=O)ccc(C(N)=O)c1C(C)O. The lowest BCUT2D eigenvalue weighted by molar-refractivity contribution is 0.0976. The summed E-state index contributed by atoms with van der Waals surface area (Å²) >= 11 is 0. The van der Waals surface area contributed by atoms with E-state index >= 15 is 0 Å². The summed E-state index contributed by atoms with van der Waals surface area (Å²) in [5.41, 5.74) is 10.8. The molecule has 0 bridgehead atoms. The third kappa shape index (κ3) is 2.49. The van der Waals surface area contributed by atoms with Crippen molar-refractivity contribution in [2.75, 3.05) is 0 Å². The zero-order valence-corrected chi connectivity index (χ0v) is 10.2. The molecule has 6 nitrogen and oxygen atoms in total. The highest BCUT2D eigenvalue weighted by atomic mass is 16.3. The lowest BCUT2D eigenvalue weighted by Gasteiger charge is -2.20. The maximum Gasteiger partial charge on any atom is 0.249 e. The number of carbonyl (C=O) groups excluding carboxylic acids is 2. The molecule has 0 saturated heterocycles. The van der Waals surface area contributed by atoms with E-state index < -0.39 is 24.0 Å². The van der Waals surface area contributed by atoms with Crippen molar-refractivity contribution in [2.24, 2.45) is 11.5 Å². The zero-order valence-electron chi connectivity index (χ0n) is 10.2. The molecule has 1 rings (SSSR count). The van der Waals surface area contributed by atoms with E-state index in [1.54, 1.807) is 0 Å². The van der Waals surface area contributed by atoms with E-state index in [0.29, 0.717) is 0 Å². The second kappa shape index (κ2) is 5.16. The number of carbonyl (C=O) groups is 2. The number of nitrogens with two attached hydrogens (primary N) is 2. The number of rotatable bonds is 4. The highest BCUT2D eigenvalue weighted by molar-refractivity contribution is 5.99. The zero-order chi connectivity index (χ0) is 14.0. The first-order valence-electron chi connectivity index (χ1n) is 5.39. The van der Waals surface area contributed by atoms with Crippen molar-refractivity contribution in [3.63, 3.8) is 0 Å². The number of aliphatic hydroxyl groups excluding tert-OH is 2. The molecule has 0 spiro atoms. The standard InChI is InChI=1S/C12H16N2O4/c1-5(15)9-7(11(13)17)3-4-8(12(14)18)10(9)6(2)16/h3-6,15-16H,1-2H3,(H2,13,17)(H2,14,18). The van der Waals surface area contributed by atoms with Gasteiger partial charge >= 0.3 is 0 Å². The summed E-state index contributed by atoms with van der Waals surface area (Å²) in [6.45, 7) is 2.83. The van der Waals surface area contributed by atoms with Gasteiger partial charge in [-0.15, -0.1) is 0 Å². The lowest BCUT2D eigenvalue weighted by atomic mass is 9.89. The molecule has 6 N–H and O–H groups in total. The van der Waals surface area contributed by atoms with Gasteiger partial charge in [0.15, 0.2) is 0 Å². The Labute approximate surface area is 104 Å².